The minimum absolute atomic E-state index is 0.233. The highest BCUT2D eigenvalue weighted by Crippen LogP contribution is 2.39. The molecule has 6 nitrogen and oxygen atoms in total. The molecule has 0 aromatic heterocycles. The van der Waals surface area contributed by atoms with Gasteiger partial charge in [-0.05, 0) is 60.6 Å². The van der Waals surface area contributed by atoms with Crippen molar-refractivity contribution in [1.82, 2.24) is 4.90 Å². The largest absolute Gasteiger partial charge is 0.497 e. The van der Waals surface area contributed by atoms with E-state index in [9.17, 15) is 9.18 Å². The molecule has 0 aliphatic carbocycles. The van der Waals surface area contributed by atoms with Crippen LogP contribution in [0.3, 0.4) is 0 Å². The van der Waals surface area contributed by atoms with Crippen LogP contribution in [0.4, 0.5) is 9.18 Å². The summed E-state index contributed by atoms with van der Waals surface area (Å²) < 4.78 is 38.0. The number of carbonyl (C=O) groups is 1. The SMILES string of the molecule is CN(C(=O)OC(C)(C)C)[C@@H]1COc2cc(B3OC(C)(C)C(C)(C)O3)c(F)cc21. The van der Waals surface area contributed by atoms with Crippen molar-refractivity contribution < 1.29 is 28.0 Å². The summed E-state index contributed by atoms with van der Waals surface area (Å²) in [5, 5.41) is 0. The van der Waals surface area contributed by atoms with Gasteiger partial charge in [0.15, 0.2) is 0 Å². The van der Waals surface area contributed by atoms with Crippen LogP contribution in [0.5, 0.6) is 5.75 Å². The number of hydrogen-bond acceptors (Lipinski definition) is 5. The summed E-state index contributed by atoms with van der Waals surface area (Å²) in [4.78, 5) is 13.8. The zero-order valence-corrected chi connectivity index (χ0v) is 17.9. The van der Waals surface area contributed by atoms with E-state index < -0.39 is 41.9 Å². The lowest BCUT2D eigenvalue weighted by Gasteiger charge is -2.32. The van der Waals surface area contributed by atoms with Crippen LogP contribution in [-0.4, -0.2) is 48.6 Å². The first-order valence-corrected chi connectivity index (χ1v) is 9.49. The molecule has 2 aliphatic heterocycles. The second kappa shape index (κ2) is 6.63. The summed E-state index contributed by atoms with van der Waals surface area (Å²) in [6.07, 6.45) is -0.482. The Bertz CT molecular complexity index is 774. The molecule has 1 aromatic rings. The number of likely N-dealkylation sites (N-methyl/N-ethyl adjacent to an activating group) is 1. The number of ether oxygens (including phenoxy) is 2. The average molecular weight is 393 g/mol. The molecule has 8 heteroatoms. The number of nitrogens with zero attached hydrogens (tertiary/aromatic N) is 1. The second-order valence-corrected chi connectivity index (χ2v) is 9.42. The molecule has 3 rings (SSSR count). The highest BCUT2D eigenvalue weighted by atomic mass is 19.1. The molecule has 28 heavy (non-hydrogen) atoms. The molecular formula is C20H29BFNO5. The van der Waals surface area contributed by atoms with E-state index in [-0.39, 0.29) is 12.1 Å². The van der Waals surface area contributed by atoms with Crippen LogP contribution in [0.2, 0.25) is 0 Å². The summed E-state index contributed by atoms with van der Waals surface area (Å²) in [5.74, 6) is 0.0665. The Morgan fingerprint density at radius 3 is 2.32 bits per heavy atom. The molecule has 0 N–H and O–H groups in total. The minimum atomic E-state index is -0.818. The zero-order valence-electron chi connectivity index (χ0n) is 17.9. The predicted octanol–water partition coefficient (Wildman–Crippen LogP) is 3.43. The van der Waals surface area contributed by atoms with Crippen molar-refractivity contribution in [3.8, 4) is 5.75 Å². The Hall–Kier alpha value is -1.80. The van der Waals surface area contributed by atoms with Crippen molar-refractivity contribution in [1.29, 1.82) is 0 Å². The van der Waals surface area contributed by atoms with Crippen molar-refractivity contribution in [2.45, 2.75) is 71.3 Å². The summed E-state index contributed by atoms with van der Waals surface area (Å²) in [6, 6.07) is 2.58. The van der Waals surface area contributed by atoms with E-state index in [4.69, 9.17) is 18.8 Å². The van der Waals surface area contributed by atoms with E-state index in [1.54, 1.807) is 33.9 Å². The average Bonchev–Trinajstić information content (AvgIpc) is 3.01. The van der Waals surface area contributed by atoms with E-state index in [0.29, 0.717) is 11.3 Å². The van der Waals surface area contributed by atoms with Gasteiger partial charge in [0.05, 0.1) is 17.2 Å². The monoisotopic (exact) mass is 393 g/mol. The van der Waals surface area contributed by atoms with Gasteiger partial charge in [0.2, 0.25) is 0 Å². The van der Waals surface area contributed by atoms with E-state index in [0.717, 1.165) is 0 Å². The lowest BCUT2D eigenvalue weighted by molar-refractivity contribution is 0.00578. The van der Waals surface area contributed by atoms with Crippen LogP contribution in [0.25, 0.3) is 0 Å². The van der Waals surface area contributed by atoms with Crippen LogP contribution in [0.1, 0.15) is 60.1 Å². The quantitative estimate of drug-likeness (QED) is 0.721. The maximum absolute atomic E-state index is 15.0. The van der Waals surface area contributed by atoms with Crippen LogP contribution >= 0.6 is 0 Å². The number of halogens is 1. The van der Waals surface area contributed by atoms with Crippen molar-refractivity contribution in [3.05, 3.63) is 23.5 Å². The van der Waals surface area contributed by atoms with Gasteiger partial charge in [-0.3, -0.25) is 0 Å². The van der Waals surface area contributed by atoms with E-state index >= 15 is 0 Å². The van der Waals surface area contributed by atoms with Gasteiger partial charge in [-0.25, -0.2) is 9.18 Å². The molecule has 0 unspecified atom stereocenters. The fourth-order valence-corrected chi connectivity index (χ4v) is 3.16. The van der Waals surface area contributed by atoms with Gasteiger partial charge in [0, 0.05) is 18.1 Å². The van der Waals surface area contributed by atoms with Gasteiger partial charge in [-0.2, -0.15) is 0 Å². The predicted molar refractivity (Wildman–Crippen MR) is 104 cm³/mol. The highest BCUT2D eigenvalue weighted by molar-refractivity contribution is 6.62. The summed E-state index contributed by atoms with van der Waals surface area (Å²) in [6.45, 7) is 13.3. The fourth-order valence-electron chi connectivity index (χ4n) is 3.16. The molecule has 0 bridgehead atoms. The van der Waals surface area contributed by atoms with E-state index in [1.807, 2.05) is 27.7 Å². The minimum Gasteiger partial charge on any atom is -0.491 e. The first-order chi connectivity index (χ1) is 12.7. The third-order valence-electron chi connectivity index (χ3n) is 5.54. The summed E-state index contributed by atoms with van der Waals surface area (Å²) in [5.41, 5.74) is -0.851. The van der Waals surface area contributed by atoms with Crippen LogP contribution in [-0.2, 0) is 14.0 Å². The molecule has 1 atom stereocenters. The summed E-state index contributed by atoms with van der Waals surface area (Å²) >= 11 is 0. The van der Waals surface area contributed by atoms with Crippen molar-refractivity contribution >= 4 is 18.7 Å². The maximum atomic E-state index is 15.0. The summed E-state index contributed by atoms with van der Waals surface area (Å²) in [7, 11) is 0.804. The number of fused-ring (bicyclic) bond motifs is 1. The van der Waals surface area contributed by atoms with Gasteiger partial charge in [-0.1, -0.05) is 0 Å². The van der Waals surface area contributed by atoms with Crippen LogP contribution in [0, 0.1) is 5.82 Å². The third-order valence-corrected chi connectivity index (χ3v) is 5.54. The Balaban J connectivity index is 1.85. The molecular weight excluding hydrogens is 364 g/mol. The Morgan fingerprint density at radius 1 is 1.21 bits per heavy atom. The zero-order chi connectivity index (χ0) is 21.1. The number of benzene rings is 1. The van der Waals surface area contributed by atoms with Crippen molar-refractivity contribution in [2.75, 3.05) is 13.7 Å². The number of carbonyl (C=O) groups excluding carboxylic acids is 1. The molecule has 1 amide bonds. The lowest BCUT2D eigenvalue weighted by Crippen LogP contribution is -2.41. The van der Waals surface area contributed by atoms with Gasteiger partial charge in [0.1, 0.15) is 23.8 Å². The Labute approximate surface area is 166 Å². The lowest BCUT2D eigenvalue weighted by atomic mass is 9.78. The standard InChI is InChI=1S/C20H29BFNO5/c1-18(2,3)26-17(24)23(8)15-11-25-16-10-13(14(22)9-12(15)16)21-27-19(4,5)20(6,7)28-21/h9-10,15H,11H2,1-8H3/t15-/m1/s1. The molecule has 1 aromatic carbocycles. The van der Waals surface area contributed by atoms with Crippen molar-refractivity contribution in [3.63, 3.8) is 0 Å². The molecule has 0 radical (unpaired) electrons. The van der Waals surface area contributed by atoms with Gasteiger partial charge >= 0.3 is 13.2 Å². The smallest absolute Gasteiger partial charge is 0.491 e. The normalized spacial score (nSPS) is 22.6. The van der Waals surface area contributed by atoms with E-state index in [1.165, 1.54) is 11.0 Å². The Kier molecular flexibility index (Phi) is 4.95. The molecule has 1 fully saturated rings. The highest BCUT2D eigenvalue weighted by Gasteiger charge is 2.52. The van der Waals surface area contributed by atoms with E-state index in [2.05, 4.69) is 0 Å². The first-order valence-electron chi connectivity index (χ1n) is 9.49. The first kappa shape index (κ1) is 20.9. The molecule has 154 valence electrons. The number of hydrogen-bond donors (Lipinski definition) is 0. The number of rotatable bonds is 2. The Morgan fingerprint density at radius 2 is 1.79 bits per heavy atom. The molecule has 1 saturated heterocycles. The van der Waals surface area contributed by atoms with Gasteiger partial charge in [0.25, 0.3) is 0 Å². The van der Waals surface area contributed by atoms with Gasteiger partial charge in [-0.15, -0.1) is 0 Å². The van der Waals surface area contributed by atoms with Crippen molar-refractivity contribution in [2.24, 2.45) is 0 Å². The fraction of sp³-hybridized carbons (Fsp3) is 0.650. The van der Waals surface area contributed by atoms with Crippen LogP contribution in [0.15, 0.2) is 12.1 Å². The second-order valence-electron chi connectivity index (χ2n) is 9.42. The molecule has 2 aliphatic rings. The maximum Gasteiger partial charge on any atom is 0.497 e. The van der Waals surface area contributed by atoms with Gasteiger partial charge < -0.3 is 23.7 Å². The molecule has 0 saturated carbocycles. The molecule has 0 spiro atoms. The third kappa shape index (κ3) is 3.72. The van der Waals surface area contributed by atoms with Crippen LogP contribution < -0.4 is 10.2 Å². The molecule has 2 heterocycles. The number of amides is 1. The topological polar surface area (TPSA) is 57.2 Å².